The largest absolute Gasteiger partial charge is 0.383 e. The first-order valence-electron chi connectivity index (χ1n) is 7.10. The van der Waals surface area contributed by atoms with Gasteiger partial charge in [-0.1, -0.05) is 23.8 Å². The standard InChI is InChI=1S/C17H24N2O/c1-14-6-7-15(2)16(11-14)13-19-9-4-5-17(19)12-18-8-10-20-3/h4-7,9,11,18H,8,10,12-13H2,1-3H3. The van der Waals surface area contributed by atoms with Gasteiger partial charge in [0.2, 0.25) is 0 Å². The van der Waals surface area contributed by atoms with Crippen LogP contribution in [-0.4, -0.2) is 24.8 Å². The van der Waals surface area contributed by atoms with Gasteiger partial charge in [0, 0.05) is 38.6 Å². The lowest BCUT2D eigenvalue weighted by molar-refractivity contribution is 0.199. The monoisotopic (exact) mass is 272 g/mol. The van der Waals surface area contributed by atoms with E-state index in [0.717, 1.165) is 26.2 Å². The lowest BCUT2D eigenvalue weighted by Crippen LogP contribution is -2.20. The first-order chi connectivity index (χ1) is 9.70. The normalized spacial score (nSPS) is 10.9. The second kappa shape index (κ2) is 7.27. The van der Waals surface area contributed by atoms with Gasteiger partial charge in [0.1, 0.15) is 0 Å². The smallest absolute Gasteiger partial charge is 0.0587 e. The zero-order valence-electron chi connectivity index (χ0n) is 12.6. The summed E-state index contributed by atoms with van der Waals surface area (Å²) >= 11 is 0. The maximum Gasteiger partial charge on any atom is 0.0587 e. The quantitative estimate of drug-likeness (QED) is 0.784. The Hall–Kier alpha value is -1.58. The van der Waals surface area contributed by atoms with Crippen molar-refractivity contribution in [3.63, 3.8) is 0 Å². The molecule has 0 aliphatic rings. The highest BCUT2D eigenvalue weighted by atomic mass is 16.5. The number of hydrogen-bond donors (Lipinski definition) is 1. The molecule has 0 aliphatic heterocycles. The van der Waals surface area contributed by atoms with E-state index in [1.165, 1.54) is 22.4 Å². The molecule has 0 saturated heterocycles. The summed E-state index contributed by atoms with van der Waals surface area (Å²) in [5.74, 6) is 0. The van der Waals surface area contributed by atoms with E-state index in [2.05, 4.69) is 60.3 Å². The number of aryl methyl sites for hydroxylation is 2. The van der Waals surface area contributed by atoms with Crippen LogP contribution in [0.15, 0.2) is 36.5 Å². The second-order valence-electron chi connectivity index (χ2n) is 5.23. The van der Waals surface area contributed by atoms with E-state index in [0.29, 0.717) is 0 Å². The fourth-order valence-electron chi connectivity index (χ4n) is 2.31. The topological polar surface area (TPSA) is 26.2 Å². The number of nitrogens with zero attached hydrogens (tertiary/aromatic N) is 1. The van der Waals surface area contributed by atoms with Gasteiger partial charge in [-0.3, -0.25) is 0 Å². The molecular weight excluding hydrogens is 248 g/mol. The highest BCUT2D eigenvalue weighted by Gasteiger charge is 2.04. The lowest BCUT2D eigenvalue weighted by Gasteiger charge is -2.13. The molecule has 108 valence electrons. The van der Waals surface area contributed by atoms with Crippen molar-refractivity contribution >= 4 is 0 Å². The molecule has 2 rings (SSSR count). The predicted octanol–water partition coefficient (Wildman–Crippen LogP) is 2.89. The van der Waals surface area contributed by atoms with Crippen LogP contribution in [0.5, 0.6) is 0 Å². The summed E-state index contributed by atoms with van der Waals surface area (Å²) in [6.45, 7) is 7.76. The highest BCUT2D eigenvalue weighted by Crippen LogP contribution is 2.14. The first kappa shape index (κ1) is 14.8. The van der Waals surface area contributed by atoms with E-state index in [1.807, 2.05) is 0 Å². The average Bonchev–Trinajstić information content (AvgIpc) is 2.86. The Morgan fingerprint density at radius 1 is 1.20 bits per heavy atom. The molecule has 0 unspecified atom stereocenters. The molecule has 3 heteroatoms. The van der Waals surface area contributed by atoms with Crippen LogP contribution in [0.2, 0.25) is 0 Å². The molecule has 0 amide bonds. The Morgan fingerprint density at radius 3 is 2.85 bits per heavy atom. The molecule has 0 saturated carbocycles. The fraction of sp³-hybridized carbons (Fsp3) is 0.412. The Morgan fingerprint density at radius 2 is 2.05 bits per heavy atom. The zero-order valence-corrected chi connectivity index (χ0v) is 12.6. The summed E-state index contributed by atoms with van der Waals surface area (Å²) in [6.07, 6.45) is 2.15. The van der Waals surface area contributed by atoms with Crippen LogP contribution in [0.3, 0.4) is 0 Å². The predicted molar refractivity (Wildman–Crippen MR) is 83.0 cm³/mol. The third-order valence-electron chi connectivity index (χ3n) is 3.56. The van der Waals surface area contributed by atoms with Crippen LogP contribution in [0.1, 0.15) is 22.4 Å². The maximum atomic E-state index is 5.05. The molecule has 1 N–H and O–H groups in total. The molecular formula is C17H24N2O. The Kier molecular flexibility index (Phi) is 5.39. The molecule has 2 aromatic rings. The van der Waals surface area contributed by atoms with Crippen molar-refractivity contribution in [1.82, 2.24) is 9.88 Å². The van der Waals surface area contributed by atoms with Gasteiger partial charge in [-0.25, -0.2) is 0 Å². The molecule has 0 radical (unpaired) electrons. The van der Waals surface area contributed by atoms with Crippen molar-refractivity contribution in [3.05, 3.63) is 58.9 Å². The summed E-state index contributed by atoms with van der Waals surface area (Å²) in [7, 11) is 1.73. The number of benzene rings is 1. The summed E-state index contributed by atoms with van der Waals surface area (Å²) in [6, 6.07) is 10.9. The Bertz CT molecular complexity index is 546. The molecule has 3 nitrogen and oxygen atoms in total. The molecule has 20 heavy (non-hydrogen) atoms. The van der Waals surface area contributed by atoms with Gasteiger partial charge >= 0.3 is 0 Å². The minimum atomic E-state index is 0.748. The van der Waals surface area contributed by atoms with Gasteiger partial charge < -0.3 is 14.6 Å². The average molecular weight is 272 g/mol. The summed E-state index contributed by atoms with van der Waals surface area (Å²) in [5, 5.41) is 3.40. The van der Waals surface area contributed by atoms with E-state index in [-0.39, 0.29) is 0 Å². The Labute approximate surface area is 121 Å². The molecule has 0 aliphatic carbocycles. The highest BCUT2D eigenvalue weighted by molar-refractivity contribution is 5.31. The van der Waals surface area contributed by atoms with Crippen molar-refractivity contribution in [2.75, 3.05) is 20.3 Å². The molecule has 0 fully saturated rings. The molecule has 0 spiro atoms. The van der Waals surface area contributed by atoms with Gasteiger partial charge in [-0.15, -0.1) is 0 Å². The second-order valence-corrected chi connectivity index (χ2v) is 5.23. The Balaban J connectivity index is 2.02. The van der Waals surface area contributed by atoms with Crippen molar-refractivity contribution < 1.29 is 4.74 Å². The number of hydrogen-bond acceptors (Lipinski definition) is 2. The summed E-state index contributed by atoms with van der Waals surface area (Å²) in [5.41, 5.74) is 5.36. The zero-order chi connectivity index (χ0) is 14.4. The number of ether oxygens (including phenoxy) is 1. The van der Waals surface area contributed by atoms with Crippen molar-refractivity contribution in [3.8, 4) is 0 Å². The van der Waals surface area contributed by atoms with Crippen LogP contribution >= 0.6 is 0 Å². The molecule has 1 aromatic heterocycles. The van der Waals surface area contributed by atoms with Gasteiger partial charge in [-0.2, -0.15) is 0 Å². The van der Waals surface area contributed by atoms with Crippen LogP contribution in [-0.2, 0) is 17.8 Å². The molecule has 0 bridgehead atoms. The number of rotatable bonds is 7. The number of methoxy groups -OCH3 is 1. The number of aromatic nitrogens is 1. The number of nitrogens with one attached hydrogen (secondary N) is 1. The molecule has 1 heterocycles. The SMILES string of the molecule is COCCNCc1cccn1Cc1cc(C)ccc1C. The van der Waals surface area contributed by atoms with Crippen LogP contribution in [0.4, 0.5) is 0 Å². The van der Waals surface area contributed by atoms with E-state index in [9.17, 15) is 0 Å². The third kappa shape index (κ3) is 3.95. The molecule has 0 atom stereocenters. The summed E-state index contributed by atoms with van der Waals surface area (Å²) in [4.78, 5) is 0. The van der Waals surface area contributed by atoms with Gasteiger partial charge in [0.15, 0.2) is 0 Å². The van der Waals surface area contributed by atoms with Crippen LogP contribution < -0.4 is 5.32 Å². The van der Waals surface area contributed by atoms with Gasteiger partial charge in [0.05, 0.1) is 6.61 Å². The van der Waals surface area contributed by atoms with E-state index >= 15 is 0 Å². The maximum absolute atomic E-state index is 5.05. The van der Waals surface area contributed by atoms with E-state index in [4.69, 9.17) is 4.74 Å². The minimum absolute atomic E-state index is 0.748. The van der Waals surface area contributed by atoms with Gasteiger partial charge in [0.25, 0.3) is 0 Å². The van der Waals surface area contributed by atoms with Crippen molar-refractivity contribution in [1.29, 1.82) is 0 Å². The van der Waals surface area contributed by atoms with Crippen LogP contribution in [0.25, 0.3) is 0 Å². The fourth-order valence-corrected chi connectivity index (χ4v) is 2.31. The van der Waals surface area contributed by atoms with Crippen molar-refractivity contribution in [2.45, 2.75) is 26.9 Å². The van der Waals surface area contributed by atoms with E-state index < -0.39 is 0 Å². The third-order valence-corrected chi connectivity index (χ3v) is 3.56. The van der Waals surface area contributed by atoms with Crippen LogP contribution in [0, 0.1) is 13.8 Å². The van der Waals surface area contributed by atoms with Gasteiger partial charge in [-0.05, 0) is 37.1 Å². The minimum Gasteiger partial charge on any atom is -0.383 e. The first-order valence-corrected chi connectivity index (χ1v) is 7.10. The lowest BCUT2D eigenvalue weighted by atomic mass is 10.1. The van der Waals surface area contributed by atoms with E-state index in [1.54, 1.807) is 7.11 Å². The van der Waals surface area contributed by atoms with Crippen molar-refractivity contribution in [2.24, 2.45) is 0 Å². The summed E-state index contributed by atoms with van der Waals surface area (Å²) < 4.78 is 7.35. The molecule has 1 aromatic carbocycles.